The second-order valence-corrected chi connectivity index (χ2v) is 6.04. The highest BCUT2D eigenvalue weighted by Gasteiger charge is 2.18. The van der Waals surface area contributed by atoms with E-state index in [9.17, 15) is 14.0 Å². The highest BCUT2D eigenvalue weighted by atomic mass is 19.1. The SMILES string of the molecule is CCNC(=O)c1ccc(Oc2c(C)n(CC(=O)O)c3ccc(F)cc23)cc1. The van der Waals surface area contributed by atoms with E-state index >= 15 is 0 Å². The van der Waals surface area contributed by atoms with Gasteiger partial charge in [-0.25, -0.2) is 4.39 Å². The molecular weight excluding hydrogens is 351 g/mol. The third-order valence-electron chi connectivity index (χ3n) is 4.19. The lowest BCUT2D eigenvalue weighted by Gasteiger charge is -2.08. The van der Waals surface area contributed by atoms with Crippen LogP contribution in [0.1, 0.15) is 23.0 Å². The molecule has 6 nitrogen and oxygen atoms in total. The fourth-order valence-electron chi connectivity index (χ4n) is 2.95. The molecule has 27 heavy (non-hydrogen) atoms. The zero-order chi connectivity index (χ0) is 19.6. The second-order valence-electron chi connectivity index (χ2n) is 6.04. The van der Waals surface area contributed by atoms with Crippen molar-refractivity contribution in [3.05, 3.63) is 59.5 Å². The number of fused-ring (bicyclic) bond motifs is 1. The summed E-state index contributed by atoms with van der Waals surface area (Å²) >= 11 is 0. The predicted molar refractivity (Wildman–Crippen MR) is 98.8 cm³/mol. The average Bonchev–Trinajstić information content (AvgIpc) is 2.87. The Bertz CT molecular complexity index is 1010. The summed E-state index contributed by atoms with van der Waals surface area (Å²) in [6.45, 7) is 3.84. The molecule has 1 aromatic heterocycles. The molecule has 0 aliphatic heterocycles. The van der Waals surface area contributed by atoms with Gasteiger partial charge in [0.1, 0.15) is 18.1 Å². The molecule has 0 saturated carbocycles. The molecule has 7 heteroatoms. The number of hydrogen-bond acceptors (Lipinski definition) is 3. The molecule has 1 heterocycles. The number of carbonyl (C=O) groups is 2. The van der Waals surface area contributed by atoms with Crippen LogP contribution in [0.5, 0.6) is 11.5 Å². The van der Waals surface area contributed by atoms with Gasteiger partial charge in [0.2, 0.25) is 0 Å². The third-order valence-corrected chi connectivity index (χ3v) is 4.19. The molecule has 140 valence electrons. The number of amides is 1. The van der Waals surface area contributed by atoms with Crippen molar-refractivity contribution >= 4 is 22.8 Å². The van der Waals surface area contributed by atoms with Crippen LogP contribution in [-0.2, 0) is 11.3 Å². The highest BCUT2D eigenvalue weighted by molar-refractivity contribution is 5.94. The first-order valence-electron chi connectivity index (χ1n) is 8.47. The van der Waals surface area contributed by atoms with Gasteiger partial charge in [-0.05, 0) is 56.3 Å². The lowest BCUT2D eigenvalue weighted by molar-refractivity contribution is -0.137. The summed E-state index contributed by atoms with van der Waals surface area (Å²) in [6.07, 6.45) is 0. The molecule has 2 aromatic carbocycles. The standard InChI is InChI=1S/C20H19FN2O4/c1-3-22-20(26)13-4-7-15(8-5-13)27-19-12(2)23(11-18(24)25)17-9-6-14(21)10-16(17)19/h4-10H,3,11H2,1-2H3,(H,22,26)(H,24,25). The Morgan fingerprint density at radius 2 is 1.89 bits per heavy atom. The first-order valence-corrected chi connectivity index (χ1v) is 8.47. The number of nitrogens with zero attached hydrogens (tertiary/aromatic N) is 1. The lowest BCUT2D eigenvalue weighted by atomic mass is 10.2. The van der Waals surface area contributed by atoms with Crippen LogP contribution < -0.4 is 10.1 Å². The summed E-state index contributed by atoms with van der Waals surface area (Å²) in [7, 11) is 0. The normalized spacial score (nSPS) is 10.8. The van der Waals surface area contributed by atoms with Crippen LogP contribution in [0.15, 0.2) is 42.5 Å². The summed E-state index contributed by atoms with van der Waals surface area (Å²) in [4.78, 5) is 23.0. The number of carboxylic acids is 1. The Kier molecular flexibility index (Phi) is 5.12. The predicted octanol–water partition coefficient (Wildman–Crippen LogP) is 3.72. The van der Waals surface area contributed by atoms with Crippen molar-refractivity contribution in [2.75, 3.05) is 6.54 Å². The average molecular weight is 370 g/mol. The van der Waals surface area contributed by atoms with Crippen molar-refractivity contribution in [1.82, 2.24) is 9.88 Å². The number of carbonyl (C=O) groups excluding carboxylic acids is 1. The van der Waals surface area contributed by atoms with Crippen LogP contribution in [0.2, 0.25) is 0 Å². The van der Waals surface area contributed by atoms with Crippen molar-refractivity contribution < 1.29 is 23.8 Å². The van der Waals surface area contributed by atoms with Gasteiger partial charge >= 0.3 is 5.97 Å². The fraction of sp³-hybridized carbons (Fsp3) is 0.200. The Labute approximate surface area is 155 Å². The van der Waals surface area contributed by atoms with E-state index in [-0.39, 0.29) is 12.5 Å². The monoisotopic (exact) mass is 370 g/mol. The molecule has 3 rings (SSSR count). The van der Waals surface area contributed by atoms with Crippen LogP contribution in [0.4, 0.5) is 4.39 Å². The molecule has 0 spiro atoms. The van der Waals surface area contributed by atoms with Gasteiger partial charge in [-0.2, -0.15) is 0 Å². The van der Waals surface area contributed by atoms with Crippen molar-refractivity contribution in [3.8, 4) is 11.5 Å². The number of halogens is 1. The number of carboxylic acid groups (broad SMARTS) is 1. The van der Waals surface area contributed by atoms with Gasteiger partial charge in [-0.1, -0.05) is 0 Å². The number of benzene rings is 2. The van der Waals surface area contributed by atoms with E-state index in [0.717, 1.165) is 0 Å². The topological polar surface area (TPSA) is 80.6 Å². The molecule has 0 fully saturated rings. The minimum atomic E-state index is -1.00. The quantitative estimate of drug-likeness (QED) is 0.693. The summed E-state index contributed by atoms with van der Waals surface area (Å²) in [5.74, 6) is -0.773. The second kappa shape index (κ2) is 7.49. The maximum atomic E-state index is 13.7. The lowest BCUT2D eigenvalue weighted by Crippen LogP contribution is -2.22. The van der Waals surface area contributed by atoms with Gasteiger partial charge in [0, 0.05) is 17.5 Å². The summed E-state index contributed by atoms with van der Waals surface area (Å²) in [5.41, 5.74) is 1.65. The first-order chi connectivity index (χ1) is 12.9. The van der Waals surface area contributed by atoms with E-state index in [0.29, 0.717) is 40.2 Å². The Hall–Kier alpha value is -3.35. The minimum Gasteiger partial charge on any atom is -0.480 e. The molecular formula is C20H19FN2O4. The highest BCUT2D eigenvalue weighted by Crippen LogP contribution is 2.36. The van der Waals surface area contributed by atoms with Gasteiger partial charge in [0.15, 0.2) is 5.75 Å². The van der Waals surface area contributed by atoms with Crippen LogP contribution >= 0.6 is 0 Å². The molecule has 3 aromatic rings. The van der Waals surface area contributed by atoms with Crippen LogP contribution in [-0.4, -0.2) is 28.1 Å². The van der Waals surface area contributed by atoms with E-state index in [2.05, 4.69) is 5.32 Å². The Morgan fingerprint density at radius 3 is 2.52 bits per heavy atom. The number of nitrogens with one attached hydrogen (secondary N) is 1. The molecule has 2 N–H and O–H groups in total. The number of hydrogen-bond donors (Lipinski definition) is 2. The van der Waals surface area contributed by atoms with Crippen LogP contribution in [0.25, 0.3) is 10.9 Å². The molecule has 0 radical (unpaired) electrons. The summed E-state index contributed by atoms with van der Waals surface area (Å²) in [6, 6.07) is 10.7. The minimum absolute atomic E-state index is 0.180. The van der Waals surface area contributed by atoms with Gasteiger partial charge in [-0.3, -0.25) is 9.59 Å². The molecule has 0 unspecified atom stereocenters. The van der Waals surface area contributed by atoms with E-state index in [1.54, 1.807) is 35.8 Å². The van der Waals surface area contributed by atoms with Crippen LogP contribution in [0, 0.1) is 12.7 Å². The van der Waals surface area contributed by atoms with Crippen molar-refractivity contribution in [3.63, 3.8) is 0 Å². The maximum absolute atomic E-state index is 13.7. The molecule has 0 aliphatic carbocycles. The van der Waals surface area contributed by atoms with E-state index in [1.807, 2.05) is 6.92 Å². The Balaban J connectivity index is 1.99. The van der Waals surface area contributed by atoms with Crippen molar-refractivity contribution in [1.29, 1.82) is 0 Å². The molecule has 0 atom stereocenters. The smallest absolute Gasteiger partial charge is 0.323 e. The number of aromatic nitrogens is 1. The maximum Gasteiger partial charge on any atom is 0.323 e. The van der Waals surface area contributed by atoms with Crippen molar-refractivity contribution in [2.45, 2.75) is 20.4 Å². The third kappa shape index (κ3) is 3.76. The van der Waals surface area contributed by atoms with E-state index in [4.69, 9.17) is 9.84 Å². The molecule has 0 aliphatic rings. The number of ether oxygens (including phenoxy) is 1. The molecule has 1 amide bonds. The number of aliphatic carboxylic acids is 1. The fourth-order valence-corrected chi connectivity index (χ4v) is 2.95. The number of rotatable bonds is 6. The first kappa shape index (κ1) is 18.4. The van der Waals surface area contributed by atoms with Gasteiger partial charge < -0.3 is 19.7 Å². The van der Waals surface area contributed by atoms with Crippen LogP contribution in [0.3, 0.4) is 0 Å². The molecule has 0 saturated heterocycles. The van der Waals surface area contributed by atoms with Gasteiger partial charge in [-0.15, -0.1) is 0 Å². The van der Waals surface area contributed by atoms with Gasteiger partial charge in [0.25, 0.3) is 5.91 Å². The van der Waals surface area contributed by atoms with E-state index in [1.165, 1.54) is 18.2 Å². The zero-order valence-electron chi connectivity index (χ0n) is 15.0. The van der Waals surface area contributed by atoms with Gasteiger partial charge in [0.05, 0.1) is 11.2 Å². The summed E-state index contributed by atoms with van der Waals surface area (Å²) < 4.78 is 21.2. The molecule has 0 bridgehead atoms. The zero-order valence-corrected chi connectivity index (χ0v) is 15.0. The Morgan fingerprint density at radius 1 is 1.19 bits per heavy atom. The largest absolute Gasteiger partial charge is 0.480 e. The summed E-state index contributed by atoms with van der Waals surface area (Å²) in [5, 5.41) is 12.4. The van der Waals surface area contributed by atoms with E-state index < -0.39 is 11.8 Å². The van der Waals surface area contributed by atoms with Crippen molar-refractivity contribution in [2.24, 2.45) is 0 Å².